The van der Waals surface area contributed by atoms with Crippen LogP contribution in [0.2, 0.25) is 10.0 Å². The van der Waals surface area contributed by atoms with Crippen LogP contribution >= 0.6 is 23.2 Å². The SMILES string of the molecule is CC(C)Cc1ccc(-c2c(Cl)cc(NC(=O)CC3CCOCC3)cc2Cl)cc1C#N. The van der Waals surface area contributed by atoms with Gasteiger partial charge in [0.2, 0.25) is 5.91 Å². The molecule has 30 heavy (non-hydrogen) atoms. The second kappa shape index (κ2) is 10.3. The normalized spacial score (nSPS) is 14.5. The lowest BCUT2D eigenvalue weighted by atomic mass is 9.94. The molecular weight excluding hydrogens is 419 g/mol. The third-order valence-electron chi connectivity index (χ3n) is 5.29. The molecule has 1 saturated heterocycles. The Labute approximate surface area is 188 Å². The van der Waals surface area contributed by atoms with Gasteiger partial charge >= 0.3 is 0 Å². The molecule has 3 rings (SSSR count). The van der Waals surface area contributed by atoms with Crippen molar-refractivity contribution in [2.45, 2.75) is 39.5 Å². The molecule has 1 fully saturated rings. The number of nitrogens with zero attached hydrogens (tertiary/aromatic N) is 1. The molecule has 1 N–H and O–H groups in total. The fourth-order valence-electron chi connectivity index (χ4n) is 3.80. The third kappa shape index (κ3) is 5.76. The van der Waals surface area contributed by atoms with Crippen LogP contribution in [0.3, 0.4) is 0 Å². The quantitative estimate of drug-likeness (QED) is 0.553. The highest BCUT2D eigenvalue weighted by atomic mass is 35.5. The fraction of sp³-hybridized carbons (Fsp3) is 0.417. The van der Waals surface area contributed by atoms with E-state index in [-0.39, 0.29) is 5.91 Å². The Hall–Kier alpha value is -2.06. The van der Waals surface area contributed by atoms with Gasteiger partial charge in [0.1, 0.15) is 0 Å². The van der Waals surface area contributed by atoms with E-state index in [4.69, 9.17) is 27.9 Å². The molecule has 2 aromatic carbocycles. The van der Waals surface area contributed by atoms with Gasteiger partial charge < -0.3 is 10.1 Å². The molecule has 0 aromatic heterocycles. The number of anilines is 1. The molecule has 2 aromatic rings. The summed E-state index contributed by atoms with van der Waals surface area (Å²) >= 11 is 13.1. The van der Waals surface area contributed by atoms with Gasteiger partial charge in [-0.15, -0.1) is 0 Å². The van der Waals surface area contributed by atoms with Crippen molar-refractivity contribution in [1.82, 2.24) is 0 Å². The Morgan fingerprint density at radius 2 is 1.87 bits per heavy atom. The number of ether oxygens (including phenoxy) is 1. The van der Waals surface area contributed by atoms with E-state index in [0.29, 0.717) is 58.3 Å². The highest BCUT2D eigenvalue weighted by molar-refractivity contribution is 6.39. The first kappa shape index (κ1) is 22.6. The first-order valence-corrected chi connectivity index (χ1v) is 11.0. The van der Waals surface area contributed by atoms with Gasteiger partial charge in [-0.2, -0.15) is 5.26 Å². The number of carbonyl (C=O) groups excluding carboxylic acids is 1. The molecule has 0 radical (unpaired) electrons. The third-order valence-corrected chi connectivity index (χ3v) is 5.88. The Morgan fingerprint density at radius 1 is 1.20 bits per heavy atom. The summed E-state index contributed by atoms with van der Waals surface area (Å²) in [5.41, 5.74) is 3.66. The van der Waals surface area contributed by atoms with E-state index in [9.17, 15) is 10.1 Å². The first-order valence-electron chi connectivity index (χ1n) is 10.3. The summed E-state index contributed by atoms with van der Waals surface area (Å²) in [6.45, 7) is 5.67. The van der Waals surface area contributed by atoms with Gasteiger partial charge in [0.25, 0.3) is 0 Å². The molecule has 158 valence electrons. The van der Waals surface area contributed by atoms with Crippen LogP contribution in [0.15, 0.2) is 30.3 Å². The standard InChI is InChI=1S/C24H26Cl2N2O2/c1-15(2)9-17-3-4-18(11-19(17)14-27)24-21(25)12-20(13-22(24)26)28-23(29)10-16-5-7-30-8-6-16/h3-4,11-13,15-16H,5-10H2,1-2H3,(H,28,29). The number of nitrogens with one attached hydrogen (secondary N) is 1. The van der Waals surface area contributed by atoms with Crippen LogP contribution in [0.5, 0.6) is 0 Å². The highest BCUT2D eigenvalue weighted by Gasteiger charge is 2.19. The van der Waals surface area contributed by atoms with E-state index in [2.05, 4.69) is 25.2 Å². The van der Waals surface area contributed by atoms with Crippen molar-refractivity contribution in [3.05, 3.63) is 51.5 Å². The molecule has 0 spiro atoms. The molecule has 4 nitrogen and oxygen atoms in total. The van der Waals surface area contributed by atoms with Gasteiger partial charge in [0, 0.05) is 30.9 Å². The van der Waals surface area contributed by atoms with Gasteiger partial charge in [-0.05, 0) is 60.4 Å². The Kier molecular flexibility index (Phi) is 7.77. The smallest absolute Gasteiger partial charge is 0.224 e. The number of rotatable bonds is 6. The zero-order valence-electron chi connectivity index (χ0n) is 17.3. The van der Waals surface area contributed by atoms with Gasteiger partial charge in [0.05, 0.1) is 21.7 Å². The zero-order valence-corrected chi connectivity index (χ0v) is 18.8. The Bertz CT molecular complexity index is 937. The van der Waals surface area contributed by atoms with Crippen molar-refractivity contribution in [1.29, 1.82) is 5.26 Å². The Morgan fingerprint density at radius 3 is 2.47 bits per heavy atom. The molecule has 0 unspecified atom stereocenters. The Balaban J connectivity index is 1.79. The molecule has 1 heterocycles. The monoisotopic (exact) mass is 444 g/mol. The van der Waals surface area contributed by atoms with E-state index in [1.54, 1.807) is 12.1 Å². The summed E-state index contributed by atoms with van der Waals surface area (Å²) in [5, 5.41) is 13.3. The second-order valence-corrected chi connectivity index (χ2v) is 9.02. The molecule has 1 amide bonds. The highest BCUT2D eigenvalue weighted by Crippen LogP contribution is 2.38. The van der Waals surface area contributed by atoms with Crippen molar-refractivity contribution < 1.29 is 9.53 Å². The molecule has 0 atom stereocenters. The number of nitriles is 1. The molecule has 1 aliphatic heterocycles. The van der Waals surface area contributed by atoms with Gasteiger partial charge in [-0.1, -0.05) is 49.2 Å². The van der Waals surface area contributed by atoms with Crippen LogP contribution in [-0.2, 0) is 16.0 Å². The van der Waals surface area contributed by atoms with Crippen molar-refractivity contribution in [2.24, 2.45) is 11.8 Å². The lowest BCUT2D eigenvalue weighted by molar-refractivity contribution is -0.117. The predicted molar refractivity (Wildman–Crippen MR) is 122 cm³/mol. The number of hydrogen-bond donors (Lipinski definition) is 1. The van der Waals surface area contributed by atoms with E-state index >= 15 is 0 Å². The fourth-order valence-corrected chi connectivity index (χ4v) is 4.50. The van der Waals surface area contributed by atoms with Crippen LogP contribution in [0.4, 0.5) is 5.69 Å². The average molecular weight is 445 g/mol. The topological polar surface area (TPSA) is 62.1 Å². The summed E-state index contributed by atoms with van der Waals surface area (Å²) in [4.78, 5) is 12.4. The van der Waals surface area contributed by atoms with Crippen molar-refractivity contribution in [2.75, 3.05) is 18.5 Å². The summed E-state index contributed by atoms with van der Waals surface area (Å²) < 4.78 is 5.34. The summed E-state index contributed by atoms with van der Waals surface area (Å²) in [6.07, 6.45) is 3.11. The van der Waals surface area contributed by atoms with Gasteiger partial charge in [0.15, 0.2) is 0 Å². The number of benzene rings is 2. The zero-order chi connectivity index (χ0) is 21.7. The van der Waals surface area contributed by atoms with Crippen LogP contribution in [0, 0.1) is 23.2 Å². The number of hydrogen-bond acceptors (Lipinski definition) is 3. The first-order chi connectivity index (χ1) is 14.4. The van der Waals surface area contributed by atoms with E-state index in [0.717, 1.165) is 30.4 Å². The van der Waals surface area contributed by atoms with Crippen molar-refractivity contribution >= 4 is 34.8 Å². The van der Waals surface area contributed by atoms with E-state index < -0.39 is 0 Å². The largest absolute Gasteiger partial charge is 0.381 e. The minimum Gasteiger partial charge on any atom is -0.381 e. The summed E-state index contributed by atoms with van der Waals surface area (Å²) in [5.74, 6) is 0.753. The number of carbonyl (C=O) groups is 1. The van der Waals surface area contributed by atoms with Gasteiger partial charge in [-0.25, -0.2) is 0 Å². The maximum absolute atomic E-state index is 12.4. The van der Waals surface area contributed by atoms with E-state index in [1.807, 2.05) is 18.2 Å². The average Bonchev–Trinajstić information content (AvgIpc) is 2.68. The van der Waals surface area contributed by atoms with Crippen LogP contribution in [0.1, 0.15) is 44.2 Å². The molecule has 0 aliphatic carbocycles. The maximum atomic E-state index is 12.4. The second-order valence-electron chi connectivity index (χ2n) is 8.20. The molecule has 0 bridgehead atoms. The lowest BCUT2D eigenvalue weighted by Gasteiger charge is -2.21. The maximum Gasteiger partial charge on any atom is 0.224 e. The molecule has 1 aliphatic rings. The van der Waals surface area contributed by atoms with E-state index in [1.165, 1.54) is 0 Å². The molecule has 6 heteroatoms. The number of amides is 1. The van der Waals surface area contributed by atoms with Crippen LogP contribution in [0.25, 0.3) is 11.1 Å². The van der Waals surface area contributed by atoms with Gasteiger partial charge in [-0.3, -0.25) is 4.79 Å². The van der Waals surface area contributed by atoms with Crippen molar-refractivity contribution in [3.63, 3.8) is 0 Å². The van der Waals surface area contributed by atoms with Crippen LogP contribution in [-0.4, -0.2) is 19.1 Å². The lowest BCUT2D eigenvalue weighted by Crippen LogP contribution is -2.22. The molecular formula is C24H26Cl2N2O2. The molecule has 0 saturated carbocycles. The summed E-state index contributed by atoms with van der Waals surface area (Å²) in [6, 6.07) is 11.4. The minimum absolute atomic E-state index is 0.0495. The predicted octanol–water partition coefficient (Wildman–Crippen LogP) is 6.49. The minimum atomic E-state index is -0.0495. The van der Waals surface area contributed by atoms with Crippen molar-refractivity contribution in [3.8, 4) is 17.2 Å². The van der Waals surface area contributed by atoms with Crippen LogP contribution < -0.4 is 5.32 Å². The number of halogens is 2. The summed E-state index contributed by atoms with van der Waals surface area (Å²) in [7, 11) is 0.